The number of aromatic nitrogens is 1. The summed E-state index contributed by atoms with van der Waals surface area (Å²) in [5, 5.41) is 14.3. The molecule has 0 atom stereocenters. The first-order valence-corrected chi connectivity index (χ1v) is 9.67. The molecule has 166 valence electrons. The molecule has 3 aromatic rings. The van der Waals surface area contributed by atoms with Gasteiger partial charge in [0.2, 0.25) is 5.89 Å². The van der Waals surface area contributed by atoms with Crippen LogP contribution in [0.3, 0.4) is 0 Å². The summed E-state index contributed by atoms with van der Waals surface area (Å²) in [6.45, 7) is 2.08. The maximum absolute atomic E-state index is 13.1. The van der Waals surface area contributed by atoms with E-state index in [1.54, 1.807) is 11.0 Å². The van der Waals surface area contributed by atoms with Crippen LogP contribution in [-0.4, -0.2) is 46.9 Å². The Labute approximate surface area is 179 Å². The molecule has 0 spiro atoms. The maximum atomic E-state index is 13.1. The summed E-state index contributed by atoms with van der Waals surface area (Å²) in [6, 6.07) is 9.73. The Balaban J connectivity index is 1.78. The van der Waals surface area contributed by atoms with Gasteiger partial charge < -0.3 is 14.6 Å². The zero-order chi connectivity index (χ0) is 22.9. The predicted octanol–water partition coefficient (Wildman–Crippen LogP) is 3.98. The zero-order valence-electron chi connectivity index (χ0n) is 16.6. The molecule has 1 fully saturated rings. The molecule has 0 saturated carbocycles. The number of halogens is 3. The summed E-state index contributed by atoms with van der Waals surface area (Å²) in [4.78, 5) is 29.6. The second-order valence-corrected chi connectivity index (χ2v) is 7.12. The van der Waals surface area contributed by atoms with Gasteiger partial charge in [-0.3, -0.25) is 14.9 Å². The molecule has 2 heterocycles. The normalized spacial score (nSPS) is 14.4. The number of hydrogen-bond acceptors (Lipinski definition) is 6. The van der Waals surface area contributed by atoms with Crippen LogP contribution in [0.4, 0.5) is 18.9 Å². The average Bonchev–Trinajstić information content (AvgIpc) is 3.24. The Bertz CT molecular complexity index is 1150. The van der Waals surface area contributed by atoms with E-state index in [9.17, 15) is 28.1 Å². The fourth-order valence-corrected chi connectivity index (χ4v) is 3.36. The predicted molar refractivity (Wildman–Crippen MR) is 108 cm³/mol. The van der Waals surface area contributed by atoms with Crippen molar-refractivity contribution in [3.8, 4) is 22.8 Å². The molecule has 1 aliphatic rings. The lowest BCUT2D eigenvalue weighted by Gasteiger charge is -2.26. The van der Waals surface area contributed by atoms with Crippen LogP contribution in [0, 0.1) is 10.1 Å². The minimum absolute atomic E-state index is 0.0205. The number of nitro benzene ring substituents is 1. The molecule has 0 bridgehead atoms. The van der Waals surface area contributed by atoms with Crippen molar-refractivity contribution >= 4 is 11.6 Å². The van der Waals surface area contributed by atoms with Crippen molar-refractivity contribution in [3.05, 3.63) is 69.9 Å². The van der Waals surface area contributed by atoms with E-state index in [1.807, 2.05) is 0 Å². The number of oxazole rings is 1. The van der Waals surface area contributed by atoms with Crippen LogP contribution in [0.2, 0.25) is 0 Å². The van der Waals surface area contributed by atoms with Gasteiger partial charge in [0.1, 0.15) is 0 Å². The number of amides is 1. The number of hydrogen-bond donors (Lipinski definition) is 1. The summed E-state index contributed by atoms with van der Waals surface area (Å²) in [6.07, 6.45) is -4.49. The van der Waals surface area contributed by atoms with Crippen LogP contribution in [0.5, 0.6) is 0 Å². The molecular weight excluding hydrogens is 429 g/mol. The van der Waals surface area contributed by atoms with Crippen LogP contribution in [0.25, 0.3) is 22.8 Å². The number of piperazine rings is 1. The van der Waals surface area contributed by atoms with Gasteiger partial charge in [-0.2, -0.15) is 13.2 Å². The molecule has 1 aromatic heterocycles. The summed E-state index contributed by atoms with van der Waals surface area (Å²) in [5.74, 6) is -0.458. The minimum atomic E-state index is -4.49. The quantitative estimate of drug-likeness (QED) is 0.481. The zero-order valence-corrected chi connectivity index (χ0v) is 16.6. The number of nitrogens with one attached hydrogen (secondary N) is 1. The van der Waals surface area contributed by atoms with E-state index in [1.165, 1.54) is 30.3 Å². The second kappa shape index (κ2) is 8.42. The third-order valence-corrected chi connectivity index (χ3v) is 5.01. The number of non-ortho nitro benzene ring substituents is 1. The van der Waals surface area contributed by atoms with Crippen LogP contribution >= 0.6 is 0 Å². The van der Waals surface area contributed by atoms with E-state index in [0.29, 0.717) is 26.2 Å². The third kappa shape index (κ3) is 4.33. The van der Waals surface area contributed by atoms with Gasteiger partial charge in [-0.05, 0) is 24.3 Å². The molecule has 0 radical (unpaired) electrons. The lowest BCUT2D eigenvalue weighted by molar-refractivity contribution is -0.384. The Morgan fingerprint density at radius 2 is 1.78 bits per heavy atom. The van der Waals surface area contributed by atoms with E-state index in [2.05, 4.69) is 10.3 Å². The highest BCUT2D eigenvalue weighted by atomic mass is 19.4. The Morgan fingerprint density at radius 1 is 1.09 bits per heavy atom. The van der Waals surface area contributed by atoms with E-state index in [-0.39, 0.29) is 34.2 Å². The molecule has 4 rings (SSSR count). The van der Waals surface area contributed by atoms with Gasteiger partial charge in [0.15, 0.2) is 11.5 Å². The topological polar surface area (TPSA) is 102 Å². The number of benzene rings is 2. The van der Waals surface area contributed by atoms with Crippen molar-refractivity contribution in [1.82, 2.24) is 15.2 Å². The molecule has 11 heteroatoms. The number of rotatable bonds is 4. The summed E-state index contributed by atoms with van der Waals surface area (Å²) in [7, 11) is 0. The van der Waals surface area contributed by atoms with Gasteiger partial charge in [-0.15, -0.1) is 0 Å². The van der Waals surface area contributed by atoms with Gasteiger partial charge in [-0.1, -0.05) is 12.1 Å². The Morgan fingerprint density at radius 3 is 2.41 bits per heavy atom. The number of nitro groups is 1. The van der Waals surface area contributed by atoms with Gasteiger partial charge >= 0.3 is 6.18 Å². The Kier molecular flexibility index (Phi) is 5.66. The molecule has 0 aliphatic carbocycles. The summed E-state index contributed by atoms with van der Waals surface area (Å²) < 4.78 is 44.4. The minimum Gasteiger partial charge on any atom is -0.435 e. The molecule has 2 aromatic carbocycles. The van der Waals surface area contributed by atoms with Gasteiger partial charge in [0, 0.05) is 49.4 Å². The molecule has 8 nitrogen and oxygen atoms in total. The molecule has 1 aliphatic heterocycles. The van der Waals surface area contributed by atoms with Crippen molar-refractivity contribution in [3.63, 3.8) is 0 Å². The first-order valence-electron chi connectivity index (χ1n) is 9.67. The van der Waals surface area contributed by atoms with Crippen molar-refractivity contribution < 1.29 is 27.3 Å². The highest BCUT2D eigenvalue weighted by molar-refractivity contribution is 5.98. The van der Waals surface area contributed by atoms with Crippen molar-refractivity contribution in [2.45, 2.75) is 6.18 Å². The van der Waals surface area contributed by atoms with E-state index in [4.69, 9.17) is 4.42 Å². The van der Waals surface area contributed by atoms with E-state index >= 15 is 0 Å². The first-order chi connectivity index (χ1) is 15.2. The van der Waals surface area contributed by atoms with Crippen LogP contribution in [0.1, 0.15) is 16.1 Å². The lowest BCUT2D eigenvalue weighted by Crippen LogP contribution is -2.46. The van der Waals surface area contributed by atoms with Crippen LogP contribution in [0.15, 0.2) is 52.9 Å². The SMILES string of the molecule is O=C(c1nc(-c2ccc(C(F)(F)F)cc2)oc1-c1cccc([N+](=O)[O-])c1)N1CCNCC1. The van der Waals surface area contributed by atoms with Gasteiger partial charge in [-0.25, -0.2) is 4.98 Å². The summed E-state index contributed by atoms with van der Waals surface area (Å²) in [5.41, 5.74) is -0.575. The number of carbonyl (C=O) groups is 1. The van der Waals surface area contributed by atoms with Gasteiger partial charge in [0.05, 0.1) is 10.5 Å². The molecular formula is C21H17F3N4O4. The number of nitrogens with zero attached hydrogens (tertiary/aromatic N) is 3. The molecule has 0 unspecified atom stereocenters. The maximum Gasteiger partial charge on any atom is 0.416 e. The molecule has 1 amide bonds. The van der Waals surface area contributed by atoms with Crippen LogP contribution < -0.4 is 5.32 Å². The Hall–Kier alpha value is -3.73. The number of carbonyl (C=O) groups excluding carboxylic acids is 1. The standard InChI is InChI=1S/C21H17F3N4O4/c22-21(23,24)15-6-4-13(5-7-15)19-26-17(20(29)27-10-8-25-9-11-27)18(32-19)14-2-1-3-16(12-14)28(30)31/h1-7,12,25H,8-11H2. The highest BCUT2D eigenvalue weighted by Gasteiger charge is 2.31. The van der Waals surface area contributed by atoms with Crippen molar-refractivity contribution in [2.24, 2.45) is 0 Å². The lowest BCUT2D eigenvalue weighted by atomic mass is 10.1. The van der Waals surface area contributed by atoms with Gasteiger partial charge in [0.25, 0.3) is 11.6 Å². The molecule has 1 saturated heterocycles. The third-order valence-electron chi connectivity index (χ3n) is 5.01. The molecule has 32 heavy (non-hydrogen) atoms. The monoisotopic (exact) mass is 446 g/mol. The fraction of sp³-hybridized carbons (Fsp3) is 0.238. The second-order valence-electron chi connectivity index (χ2n) is 7.12. The smallest absolute Gasteiger partial charge is 0.416 e. The summed E-state index contributed by atoms with van der Waals surface area (Å²) >= 11 is 0. The van der Waals surface area contributed by atoms with Crippen molar-refractivity contribution in [1.29, 1.82) is 0 Å². The fourth-order valence-electron chi connectivity index (χ4n) is 3.36. The van der Waals surface area contributed by atoms with E-state index in [0.717, 1.165) is 12.1 Å². The number of alkyl halides is 3. The van der Waals surface area contributed by atoms with Crippen LogP contribution in [-0.2, 0) is 6.18 Å². The van der Waals surface area contributed by atoms with E-state index < -0.39 is 22.6 Å². The highest BCUT2D eigenvalue weighted by Crippen LogP contribution is 2.34. The van der Waals surface area contributed by atoms with Crippen molar-refractivity contribution in [2.75, 3.05) is 26.2 Å². The molecule has 1 N–H and O–H groups in total. The largest absolute Gasteiger partial charge is 0.435 e. The first kappa shape index (κ1) is 21.5. The average molecular weight is 446 g/mol.